The van der Waals surface area contributed by atoms with Gasteiger partial charge in [0.25, 0.3) is 0 Å². The molecule has 3 heterocycles. The van der Waals surface area contributed by atoms with Gasteiger partial charge in [-0.25, -0.2) is 13.8 Å². The Hall–Kier alpha value is -3.01. The van der Waals surface area contributed by atoms with E-state index in [4.69, 9.17) is 5.11 Å². The van der Waals surface area contributed by atoms with Gasteiger partial charge in [-0.3, -0.25) is 9.78 Å². The average molecular weight is 433 g/mol. The predicted molar refractivity (Wildman–Crippen MR) is 110 cm³/mol. The lowest BCUT2D eigenvalue weighted by Gasteiger charge is -2.30. The smallest absolute Gasteiger partial charge is 0.308 e. The summed E-state index contributed by atoms with van der Waals surface area (Å²) in [5.74, 6) is -0.967. The molecule has 0 radical (unpaired) electrons. The van der Waals surface area contributed by atoms with Crippen molar-refractivity contribution in [1.29, 1.82) is 0 Å². The molecule has 158 valence electrons. The molecule has 2 N–H and O–H groups in total. The Labute approximate surface area is 176 Å². The van der Waals surface area contributed by atoms with Gasteiger partial charge in [0.15, 0.2) is 0 Å². The molecule has 0 bridgehead atoms. The van der Waals surface area contributed by atoms with E-state index in [0.717, 1.165) is 0 Å². The van der Waals surface area contributed by atoms with Crippen LogP contribution in [0.4, 0.5) is 14.6 Å². The standard InChI is InChI=1S/C20H21F2N5O2S/c1-12(21)9-20(2,18-14(22)4-3-7-23-18)11-25-16-6-5-15(26-27-16)19-24-10-13(30-19)8-17(28)29/h3-7,10,12H,8-9,11H2,1-2H3,(H,25,27)(H,28,29)/t12-,20-/m0/s1. The summed E-state index contributed by atoms with van der Waals surface area (Å²) >= 11 is 1.24. The normalized spacial score (nSPS) is 14.1. The van der Waals surface area contributed by atoms with Gasteiger partial charge in [-0.15, -0.1) is 21.5 Å². The number of alkyl halides is 1. The molecule has 0 saturated carbocycles. The van der Waals surface area contributed by atoms with Gasteiger partial charge < -0.3 is 10.4 Å². The molecular weight excluding hydrogens is 412 g/mol. The molecular formula is C20H21F2N5O2S. The zero-order valence-corrected chi connectivity index (χ0v) is 17.3. The second-order valence-corrected chi connectivity index (χ2v) is 8.35. The topological polar surface area (TPSA) is 101 Å². The second-order valence-electron chi connectivity index (χ2n) is 7.24. The van der Waals surface area contributed by atoms with Gasteiger partial charge >= 0.3 is 5.97 Å². The molecule has 0 fully saturated rings. The molecule has 3 aromatic rings. The Kier molecular flexibility index (Phi) is 6.66. The molecule has 0 spiro atoms. The Morgan fingerprint density at radius 3 is 2.73 bits per heavy atom. The Balaban J connectivity index is 1.73. The van der Waals surface area contributed by atoms with E-state index in [9.17, 15) is 13.6 Å². The number of hydrogen-bond donors (Lipinski definition) is 2. The molecule has 3 rings (SSSR count). The van der Waals surface area contributed by atoms with Crippen molar-refractivity contribution in [2.45, 2.75) is 38.3 Å². The molecule has 0 unspecified atom stereocenters. The van der Waals surface area contributed by atoms with Crippen LogP contribution in [0.15, 0.2) is 36.7 Å². The number of thiazole rings is 1. The summed E-state index contributed by atoms with van der Waals surface area (Å²) in [4.78, 5) is 19.7. The van der Waals surface area contributed by atoms with Crippen LogP contribution in [0.1, 0.15) is 30.8 Å². The number of halogens is 2. The third kappa shape index (κ3) is 5.32. The summed E-state index contributed by atoms with van der Waals surface area (Å²) in [7, 11) is 0. The molecule has 30 heavy (non-hydrogen) atoms. The molecule has 0 saturated heterocycles. The minimum Gasteiger partial charge on any atom is -0.481 e. The lowest BCUT2D eigenvalue weighted by Crippen LogP contribution is -2.35. The van der Waals surface area contributed by atoms with E-state index in [-0.39, 0.29) is 25.1 Å². The highest BCUT2D eigenvalue weighted by atomic mass is 32.1. The lowest BCUT2D eigenvalue weighted by molar-refractivity contribution is -0.136. The molecule has 2 atom stereocenters. The van der Waals surface area contributed by atoms with E-state index < -0.39 is 23.4 Å². The highest BCUT2D eigenvalue weighted by Gasteiger charge is 2.33. The van der Waals surface area contributed by atoms with E-state index in [0.29, 0.717) is 21.4 Å². The number of nitrogens with zero attached hydrogens (tertiary/aromatic N) is 4. The number of nitrogens with one attached hydrogen (secondary N) is 1. The van der Waals surface area contributed by atoms with E-state index >= 15 is 0 Å². The zero-order chi connectivity index (χ0) is 21.7. The van der Waals surface area contributed by atoms with Crippen molar-refractivity contribution < 1.29 is 18.7 Å². The predicted octanol–water partition coefficient (Wildman–Crippen LogP) is 3.88. The fraction of sp³-hybridized carbons (Fsp3) is 0.350. The summed E-state index contributed by atoms with van der Waals surface area (Å²) in [5.41, 5.74) is -0.181. The largest absolute Gasteiger partial charge is 0.481 e. The van der Waals surface area contributed by atoms with E-state index in [1.165, 1.54) is 42.8 Å². The van der Waals surface area contributed by atoms with E-state index in [2.05, 4.69) is 25.5 Å². The minimum atomic E-state index is -1.14. The van der Waals surface area contributed by atoms with Crippen LogP contribution in [0.2, 0.25) is 0 Å². The first-order valence-corrected chi connectivity index (χ1v) is 10.1. The number of aromatic nitrogens is 4. The van der Waals surface area contributed by atoms with Crippen molar-refractivity contribution in [2.75, 3.05) is 11.9 Å². The molecule has 7 nitrogen and oxygen atoms in total. The molecule has 10 heteroatoms. The van der Waals surface area contributed by atoms with Crippen molar-refractivity contribution in [3.05, 3.63) is 53.0 Å². The number of carbonyl (C=O) groups is 1. The van der Waals surface area contributed by atoms with Crippen LogP contribution in [-0.4, -0.2) is 44.0 Å². The van der Waals surface area contributed by atoms with Crippen molar-refractivity contribution >= 4 is 23.1 Å². The first-order chi connectivity index (χ1) is 14.3. The maximum Gasteiger partial charge on any atom is 0.308 e. The average Bonchev–Trinajstić information content (AvgIpc) is 3.14. The van der Waals surface area contributed by atoms with Gasteiger partial charge in [0, 0.05) is 29.2 Å². The highest BCUT2D eigenvalue weighted by Crippen LogP contribution is 2.31. The van der Waals surface area contributed by atoms with Gasteiger partial charge in [0.1, 0.15) is 22.3 Å². The SMILES string of the molecule is C[C@H](F)C[C@@](C)(CNc1ccc(-c2ncc(CC(=O)O)s2)nn1)c1ncccc1F. The van der Waals surface area contributed by atoms with Crippen LogP contribution >= 0.6 is 11.3 Å². The molecule has 0 aromatic carbocycles. The monoisotopic (exact) mass is 433 g/mol. The van der Waals surface area contributed by atoms with E-state index in [1.54, 1.807) is 19.1 Å². The molecule has 0 amide bonds. The molecule has 3 aromatic heterocycles. The Morgan fingerprint density at radius 1 is 1.30 bits per heavy atom. The van der Waals surface area contributed by atoms with Gasteiger partial charge in [-0.05, 0) is 37.6 Å². The lowest BCUT2D eigenvalue weighted by atomic mass is 9.81. The van der Waals surface area contributed by atoms with Crippen molar-refractivity contribution in [2.24, 2.45) is 0 Å². The van der Waals surface area contributed by atoms with Crippen molar-refractivity contribution in [3.8, 4) is 10.7 Å². The zero-order valence-electron chi connectivity index (χ0n) is 16.5. The fourth-order valence-corrected chi connectivity index (χ4v) is 4.05. The number of pyridine rings is 1. The number of aliphatic carboxylic acids is 1. The number of carboxylic acid groups (broad SMARTS) is 1. The Bertz CT molecular complexity index is 1010. The number of anilines is 1. The third-order valence-electron chi connectivity index (χ3n) is 4.48. The highest BCUT2D eigenvalue weighted by molar-refractivity contribution is 7.15. The van der Waals surface area contributed by atoms with Crippen LogP contribution in [0.3, 0.4) is 0 Å². The molecule has 0 aliphatic carbocycles. The Morgan fingerprint density at radius 2 is 2.10 bits per heavy atom. The molecule has 0 aliphatic heterocycles. The second kappa shape index (κ2) is 9.21. The van der Waals surface area contributed by atoms with Crippen molar-refractivity contribution in [3.63, 3.8) is 0 Å². The van der Waals surface area contributed by atoms with Gasteiger partial charge in [0.05, 0.1) is 18.3 Å². The maximum absolute atomic E-state index is 14.3. The van der Waals surface area contributed by atoms with Crippen LogP contribution in [0, 0.1) is 5.82 Å². The number of hydrogen-bond acceptors (Lipinski definition) is 7. The van der Waals surface area contributed by atoms with Gasteiger partial charge in [0.2, 0.25) is 0 Å². The van der Waals surface area contributed by atoms with Crippen LogP contribution in [0.5, 0.6) is 0 Å². The number of rotatable bonds is 9. The summed E-state index contributed by atoms with van der Waals surface area (Å²) in [6, 6.07) is 6.20. The summed E-state index contributed by atoms with van der Waals surface area (Å²) < 4.78 is 28.1. The minimum absolute atomic E-state index is 0.0882. The van der Waals surface area contributed by atoms with Crippen molar-refractivity contribution in [1.82, 2.24) is 20.2 Å². The van der Waals surface area contributed by atoms with Crippen LogP contribution in [-0.2, 0) is 16.6 Å². The quantitative estimate of drug-likeness (QED) is 0.528. The third-order valence-corrected chi connectivity index (χ3v) is 5.50. The van der Waals surface area contributed by atoms with Crippen LogP contribution < -0.4 is 5.32 Å². The van der Waals surface area contributed by atoms with Crippen LogP contribution in [0.25, 0.3) is 10.7 Å². The van der Waals surface area contributed by atoms with E-state index in [1.807, 2.05) is 0 Å². The number of carboxylic acids is 1. The maximum atomic E-state index is 14.3. The fourth-order valence-electron chi connectivity index (χ4n) is 3.19. The summed E-state index contributed by atoms with van der Waals surface area (Å²) in [6.45, 7) is 3.40. The summed E-state index contributed by atoms with van der Waals surface area (Å²) in [6.07, 6.45) is 1.84. The summed E-state index contributed by atoms with van der Waals surface area (Å²) in [5, 5.41) is 20.7. The van der Waals surface area contributed by atoms with Gasteiger partial charge in [-0.2, -0.15) is 0 Å². The van der Waals surface area contributed by atoms with Gasteiger partial charge in [-0.1, -0.05) is 6.92 Å². The molecule has 0 aliphatic rings. The first-order valence-electron chi connectivity index (χ1n) is 9.26. The first kappa shape index (κ1) is 21.7.